The molecule has 0 fully saturated rings. The minimum Gasteiger partial charge on any atom is -0.484 e. The maximum Gasteiger partial charge on any atom is 0.261 e. The molecule has 4 nitrogen and oxygen atoms in total. The molecular weight excluding hydrogens is 333 g/mol. The minimum absolute atomic E-state index is 0.0676. The number of carbonyl (C=O) groups is 2. The molecule has 0 radical (unpaired) electrons. The highest BCUT2D eigenvalue weighted by Gasteiger charge is 2.42. The maximum absolute atomic E-state index is 14.7. The molecule has 2 heterocycles. The predicted octanol–water partition coefficient (Wildman–Crippen LogP) is 4.02. The van der Waals surface area contributed by atoms with Crippen molar-refractivity contribution < 1.29 is 18.7 Å². The molecule has 0 aromatic heterocycles. The van der Waals surface area contributed by atoms with E-state index >= 15 is 0 Å². The third-order valence-electron chi connectivity index (χ3n) is 4.65. The Bertz CT molecular complexity index is 815. The number of anilines is 1. The van der Waals surface area contributed by atoms with E-state index in [1.54, 1.807) is 12.2 Å². The van der Waals surface area contributed by atoms with Gasteiger partial charge in [0.2, 0.25) is 0 Å². The van der Waals surface area contributed by atoms with Gasteiger partial charge in [0.15, 0.2) is 0 Å². The normalized spacial score (nSPS) is 22.6. The Morgan fingerprint density at radius 1 is 1.21 bits per heavy atom. The number of hydrogen-bond acceptors (Lipinski definition) is 3. The number of benzene rings is 1. The topological polar surface area (TPSA) is 46.6 Å². The molecule has 2 aliphatic heterocycles. The highest BCUT2D eigenvalue weighted by Crippen LogP contribution is 2.45. The summed E-state index contributed by atoms with van der Waals surface area (Å²) in [5.41, 5.74) is 1.30. The van der Waals surface area contributed by atoms with Crippen molar-refractivity contribution in [3.63, 3.8) is 0 Å². The number of hydrogen-bond donors (Lipinski definition) is 0. The lowest BCUT2D eigenvalue weighted by Gasteiger charge is -2.25. The number of ether oxygens (including phenoxy) is 1. The Morgan fingerprint density at radius 3 is 2.46 bits per heavy atom. The summed E-state index contributed by atoms with van der Waals surface area (Å²) in [6.45, 7) is 1.82. The van der Waals surface area contributed by atoms with E-state index in [4.69, 9.17) is 16.3 Å². The highest BCUT2D eigenvalue weighted by molar-refractivity contribution is 6.35. The van der Waals surface area contributed by atoms with Gasteiger partial charge >= 0.3 is 0 Å². The largest absolute Gasteiger partial charge is 0.484 e. The molecule has 1 atom stereocenters. The van der Waals surface area contributed by atoms with Crippen LogP contribution >= 0.6 is 11.6 Å². The van der Waals surface area contributed by atoms with Crippen molar-refractivity contribution in [3.8, 4) is 5.75 Å². The van der Waals surface area contributed by atoms with Gasteiger partial charge in [0.1, 0.15) is 17.7 Å². The van der Waals surface area contributed by atoms with E-state index in [1.807, 2.05) is 6.92 Å². The summed E-state index contributed by atoms with van der Waals surface area (Å²) in [6.07, 6.45) is 6.05. The first kappa shape index (κ1) is 15.4. The summed E-state index contributed by atoms with van der Waals surface area (Å²) in [5.74, 6) is -1.26. The van der Waals surface area contributed by atoms with Crippen molar-refractivity contribution in [1.82, 2.24) is 0 Å². The van der Waals surface area contributed by atoms with Crippen LogP contribution in [-0.4, -0.2) is 17.9 Å². The van der Waals surface area contributed by atoms with Crippen molar-refractivity contribution in [1.29, 1.82) is 0 Å². The third-order valence-corrected chi connectivity index (χ3v) is 4.93. The number of carbonyl (C=O) groups excluding carboxylic acids is 2. The van der Waals surface area contributed by atoms with Gasteiger partial charge in [-0.3, -0.25) is 9.59 Å². The molecule has 0 spiro atoms. The van der Waals surface area contributed by atoms with Crippen molar-refractivity contribution in [2.75, 3.05) is 4.90 Å². The molecule has 1 aromatic rings. The third kappa shape index (κ3) is 2.11. The van der Waals surface area contributed by atoms with Crippen LogP contribution in [0.15, 0.2) is 23.3 Å². The van der Waals surface area contributed by atoms with Crippen LogP contribution in [0, 0.1) is 5.82 Å². The second-order valence-electron chi connectivity index (χ2n) is 6.22. The van der Waals surface area contributed by atoms with Gasteiger partial charge in [-0.05, 0) is 50.8 Å². The fourth-order valence-corrected chi connectivity index (χ4v) is 3.75. The van der Waals surface area contributed by atoms with E-state index in [1.165, 1.54) is 0 Å². The molecule has 0 bridgehead atoms. The van der Waals surface area contributed by atoms with Gasteiger partial charge in [0.25, 0.3) is 11.8 Å². The zero-order valence-electron chi connectivity index (χ0n) is 13.1. The molecule has 6 heteroatoms. The molecule has 4 rings (SSSR count). The summed E-state index contributed by atoms with van der Waals surface area (Å²) in [6, 6.07) is 1.10. The van der Waals surface area contributed by atoms with Gasteiger partial charge in [-0.25, -0.2) is 9.29 Å². The first-order valence-electron chi connectivity index (χ1n) is 7.96. The second-order valence-corrected chi connectivity index (χ2v) is 6.63. The Labute approximate surface area is 143 Å². The SMILES string of the molecule is CC1C=Cc2c(c(Cl)cc(F)c2N2C(=O)C3=C(CCCC3)C2=O)O1. The van der Waals surface area contributed by atoms with E-state index in [0.29, 0.717) is 35.3 Å². The molecular formula is C18H15ClFNO3. The number of nitrogens with zero attached hydrogens (tertiary/aromatic N) is 1. The van der Waals surface area contributed by atoms with Crippen molar-refractivity contribution >= 4 is 35.2 Å². The molecule has 0 saturated carbocycles. The molecule has 3 aliphatic rings. The molecule has 0 saturated heterocycles. The molecule has 0 N–H and O–H groups in total. The molecule has 24 heavy (non-hydrogen) atoms. The smallest absolute Gasteiger partial charge is 0.261 e. The van der Waals surface area contributed by atoms with Crippen LogP contribution < -0.4 is 9.64 Å². The van der Waals surface area contributed by atoms with Crippen LogP contribution in [0.3, 0.4) is 0 Å². The quantitative estimate of drug-likeness (QED) is 0.721. The highest BCUT2D eigenvalue weighted by atomic mass is 35.5. The maximum atomic E-state index is 14.7. The van der Waals surface area contributed by atoms with Gasteiger partial charge < -0.3 is 4.74 Å². The summed E-state index contributed by atoms with van der Waals surface area (Å²) < 4.78 is 20.3. The first-order chi connectivity index (χ1) is 11.5. The van der Waals surface area contributed by atoms with Crippen LogP contribution in [0.25, 0.3) is 6.08 Å². The second kappa shape index (κ2) is 5.45. The monoisotopic (exact) mass is 347 g/mol. The summed E-state index contributed by atoms with van der Waals surface area (Å²) >= 11 is 6.09. The lowest BCUT2D eigenvalue weighted by molar-refractivity contribution is -0.120. The van der Waals surface area contributed by atoms with Crippen molar-refractivity contribution in [2.45, 2.75) is 38.7 Å². The zero-order chi connectivity index (χ0) is 17.0. The van der Waals surface area contributed by atoms with E-state index in [-0.39, 0.29) is 16.8 Å². The molecule has 1 unspecified atom stereocenters. The lowest BCUT2D eigenvalue weighted by Crippen LogP contribution is -2.33. The Hall–Kier alpha value is -2.14. The van der Waals surface area contributed by atoms with E-state index in [9.17, 15) is 14.0 Å². The van der Waals surface area contributed by atoms with Gasteiger partial charge in [0.05, 0.1) is 10.7 Å². The van der Waals surface area contributed by atoms with Crippen LogP contribution in [-0.2, 0) is 9.59 Å². The molecule has 1 aromatic carbocycles. The Kier molecular flexibility index (Phi) is 3.49. The van der Waals surface area contributed by atoms with Crippen LogP contribution in [0.1, 0.15) is 38.2 Å². The predicted molar refractivity (Wildman–Crippen MR) is 88.5 cm³/mol. The molecule has 1 aliphatic carbocycles. The average Bonchev–Trinajstić information content (AvgIpc) is 2.81. The summed E-state index contributed by atoms with van der Waals surface area (Å²) in [5, 5.41) is 0.124. The van der Waals surface area contributed by atoms with E-state index < -0.39 is 17.6 Å². The van der Waals surface area contributed by atoms with Crippen LogP contribution in [0.5, 0.6) is 5.75 Å². The Morgan fingerprint density at radius 2 is 1.83 bits per heavy atom. The molecule has 2 amide bonds. The van der Waals surface area contributed by atoms with Crippen LogP contribution in [0.4, 0.5) is 10.1 Å². The van der Waals surface area contributed by atoms with Crippen molar-refractivity contribution in [2.24, 2.45) is 0 Å². The summed E-state index contributed by atoms with van der Waals surface area (Å²) in [7, 11) is 0. The van der Waals surface area contributed by atoms with Gasteiger partial charge in [-0.15, -0.1) is 0 Å². The standard InChI is InChI=1S/C18H15ClFNO3/c1-9-6-7-12-15(14(20)8-13(19)16(12)24-9)21-17(22)10-4-2-3-5-11(10)18(21)23/h6-9H,2-5H2,1H3. The van der Waals surface area contributed by atoms with E-state index in [0.717, 1.165) is 23.8 Å². The Balaban J connectivity index is 1.88. The fourth-order valence-electron chi connectivity index (χ4n) is 3.51. The minimum atomic E-state index is -0.705. The summed E-state index contributed by atoms with van der Waals surface area (Å²) in [4.78, 5) is 26.4. The van der Waals surface area contributed by atoms with Gasteiger partial charge in [0, 0.05) is 16.7 Å². The zero-order valence-corrected chi connectivity index (χ0v) is 13.8. The number of imide groups is 1. The molecule has 124 valence electrons. The number of fused-ring (bicyclic) bond motifs is 1. The van der Waals surface area contributed by atoms with E-state index in [2.05, 4.69) is 0 Å². The number of amides is 2. The van der Waals surface area contributed by atoms with Crippen LogP contribution in [0.2, 0.25) is 5.02 Å². The number of rotatable bonds is 1. The average molecular weight is 348 g/mol. The fraction of sp³-hybridized carbons (Fsp3) is 0.333. The van der Waals surface area contributed by atoms with Crippen molar-refractivity contribution in [3.05, 3.63) is 39.7 Å². The van der Waals surface area contributed by atoms with Gasteiger partial charge in [-0.1, -0.05) is 11.6 Å². The lowest BCUT2D eigenvalue weighted by atomic mass is 9.93. The van der Waals surface area contributed by atoms with Gasteiger partial charge in [-0.2, -0.15) is 0 Å². The first-order valence-corrected chi connectivity index (χ1v) is 8.34. The number of halogens is 2.